The van der Waals surface area contributed by atoms with Crippen LogP contribution in [0.25, 0.3) is 0 Å². The first-order chi connectivity index (χ1) is 10.1. The summed E-state index contributed by atoms with van der Waals surface area (Å²) in [6.45, 7) is 10.3. The molecule has 1 amide bonds. The summed E-state index contributed by atoms with van der Waals surface area (Å²) in [4.78, 5) is 18.9. The zero-order valence-corrected chi connectivity index (χ0v) is 13.4. The third kappa shape index (κ3) is 4.27. The molecule has 21 heavy (non-hydrogen) atoms. The summed E-state index contributed by atoms with van der Waals surface area (Å²) in [6.07, 6.45) is 4.42. The average molecular weight is 293 g/mol. The summed E-state index contributed by atoms with van der Waals surface area (Å²) in [5, 5.41) is 7.20. The van der Waals surface area contributed by atoms with Crippen molar-refractivity contribution in [3.8, 4) is 0 Å². The van der Waals surface area contributed by atoms with Crippen molar-refractivity contribution in [1.29, 1.82) is 0 Å². The molecule has 1 saturated heterocycles. The van der Waals surface area contributed by atoms with E-state index in [1.54, 1.807) is 6.33 Å². The number of aryl methyl sites for hydroxylation is 1. The Labute approximate surface area is 126 Å². The van der Waals surface area contributed by atoms with Crippen LogP contribution in [0.5, 0.6) is 0 Å². The molecule has 1 fully saturated rings. The fraction of sp³-hybridized carbons (Fsp3) is 0.800. The predicted octanol–water partition coefficient (Wildman–Crippen LogP) is 1.60. The lowest BCUT2D eigenvalue weighted by atomic mass is 9.93. The Bertz CT molecular complexity index is 451. The lowest BCUT2D eigenvalue weighted by molar-refractivity contribution is -0.123. The highest BCUT2D eigenvalue weighted by atomic mass is 16.1. The van der Waals surface area contributed by atoms with Gasteiger partial charge >= 0.3 is 0 Å². The van der Waals surface area contributed by atoms with Crippen molar-refractivity contribution in [1.82, 2.24) is 25.0 Å². The molecule has 1 atom stereocenters. The van der Waals surface area contributed by atoms with Crippen molar-refractivity contribution in [2.24, 2.45) is 5.92 Å². The maximum absolute atomic E-state index is 12.2. The molecule has 0 radical (unpaired) electrons. The summed E-state index contributed by atoms with van der Waals surface area (Å²) in [6, 6.07) is -0.0873. The molecule has 118 valence electrons. The van der Waals surface area contributed by atoms with Gasteiger partial charge in [0.1, 0.15) is 12.2 Å². The molecule has 1 aromatic heterocycles. The first kappa shape index (κ1) is 15.9. The number of aromatic nitrogens is 3. The average Bonchev–Trinajstić information content (AvgIpc) is 2.96. The van der Waals surface area contributed by atoms with Crippen molar-refractivity contribution >= 4 is 5.91 Å². The highest BCUT2D eigenvalue weighted by molar-refractivity contribution is 5.76. The van der Waals surface area contributed by atoms with Crippen LogP contribution in [0.3, 0.4) is 0 Å². The van der Waals surface area contributed by atoms with E-state index in [1.807, 2.05) is 18.5 Å². The molecule has 0 aliphatic carbocycles. The van der Waals surface area contributed by atoms with E-state index >= 15 is 0 Å². The molecule has 1 aromatic rings. The Kier molecular flexibility index (Phi) is 5.73. The van der Waals surface area contributed by atoms with Crippen molar-refractivity contribution in [2.75, 3.05) is 19.6 Å². The Morgan fingerprint density at radius 3 is 2.71 bits per heavy atom. The van der Waals surface area contributed by atoms with Crippen LogP contribution in [0.4, 0.5) is 0 Å². The molecule has 6 nitrogen and oxygen atoms in total. The van der Waals surface area contributed by atoms with Crippen molar-refractivity contribution in [3.05, 3.63) is 12.2 Å². The van der Waals surface area contributed by atoms with Gasteiger partial charge in [-0.1, -0.05) is 6.92 Å². The van der Waals surface area contributed by atoms with Crippen LogP contribution in [0.15, 0.2) is 6.33 Å². The van der Waals surface area contributed by atoms with Crippen LogP contribution >= 0.6 is 0 Å². The quantitative estimate of drug-likeness (QED) is 0.865. The fourth-order valence-corrected chi connectivity index (χ4v) is 2.99. The van der Waals surface area contributed by atoms with Gasteiger partial charge in [0, 0.05) is 13.0 Å². The molecular weight excluding hydrogens is 266 g/mol. The second kappa shape index (κ2) is 7.54. The second-order valence-corrected chi connectivity index (χ2v) is 5.80. The maximum atomic E-state index is 12.2. The SMILES string of the molecule is CCN1CCC(CC(=O)NC(C)c2ncnn2CC)CC1. The van der Waals surface area contributed by atoms with Gasteiger partial charge in [0.15, 0.2) is 0 Å². The van der Waals surface area contributed by atoms with Gasteiger partial charge in [-0.2, -0.15) is 5.10 Å². The zero-order chi connectivity index (χ0) is 15.2. The highest BCUT2D eigenvalue weighted by Gasteiger charge is 2.22. The van der Waals surface area contributed by atoms with Crippen molar-refractivity contribution < 1.29 is 4.79 Å². The van der Waals surface area contributed by atoms with Gasteiger partial charge < -0.3 is 10.2 Å². The smallest absolute Gasteiger partial charge is 0.220 e. The van der Waals surface area contributed by atoms with E-state index in [4.69, 9.17) is 0 Å². The number of amides is 1. The molecule has 2 heterocycles. The van der Waals surface area contributed by atoms with Crippen molar-refractivity contribution in [2.45, 2.75) is 52.6 Å². The molecule has 0 saturated carbocycles. The number of rotatable bonds is 6. The zero-order valence-electron chi connectivity index (χ0n) is 13.4. The molecule has 1 N–H and O–H groups in total. The second-order valence-electron chi connectivity index (χ2n) is 5.80. The molecule has 0 bridgehead atoms. The summed E-state index contributed by atoms with van der Waals surface area (Å²) >= 11 is 0. The van der Waals surface area contributed by atoms with Crippen LogP contribution < -0.4 is 5.32 Å². The van der Waals surface area contributed by atoms with Crippen molar-refractivity contribution in [3.63, 3.8) is 0 Å². The van der Waals surface area contributed by atoms with E-state index in [-0.39, 0.29) is 11.9 Å². The van der Waals surface area contributed by atoms with Gasteiger partial charge in [-0.25, -0.2) is 9.67 Å². The number of carbonyl (C=O) groups is 1. The van der Waals surface area contributed by atoms with Gasteiger partial charge in [0.25, 0.3) is 0 Å². The third-order valence-corrected chi connectivity index (χ3v) is 4.34. The van der Waals surface area contributed by atoms with Crippen LogP contribution in [0, 0.1) is 5.92 Å². The molecule has 1 aliphatic heterocycles. The van der Waals surface area contributed by atoms with Gasteiger partial charge in [-0.05, 0) is 52.2 Å². The van der Waals surface area contributed by atoms with Gasteiger partial charge in [-0.3, -0.25) is 4.79 Å². The first-order valence-electron chi connectivity index (χ1n) is 8.03. The predicted molar refractivity (Wildman–Crippen MR) is 81.7 cm³/mol. The number of hydrogen-bond donors (Lipinski definition) is 1. The Balaban J connectivity index is 1.79. The summed E-state index contributed by atoms with van der Waals surface area (Å²) in [7, 11) is 0. The minimum Gasteiger partial charge on any atom is -0.346 e. The van der Waals surface area contributed by atoms with Crippen LogP contribution in [0.2, 0.25) is 0 Å². The number of nitrogens with zero attached hydrogens (tertiary/aromatic N) is 4. The highest BCUT2D eigenvalue weighted by Crippen LogP contribution is 2.20. The lowest BCUT2D eigenvalue weighted by Gasteiger charge is -2.30. The van der Waals surface area contributed by atoms with E-state index < -0.39 is 0 Å². The molecule has 1 aliphatic rings. The van der Waals surface area contributed by atoms with E-state index in [0.717, 1.165) is 44.8 Å². The van der Waals surface area contributed by atoms with E-state index in [2.05, 4.69) is 27.2 Å². The molecular formula is C15H27N5O. The summed E-state index contributed by atoms with van der Waals surface area (Å²) in [5.41, 5.74) is 0. The number of hydrogen-bond acceptors (Lipinski definition) is 4. The van der Waals surface area contributed by atoms with Crippen LogP contribution in [-0.2, 0) is 11.3 Å². The third-order valence-electron chi connectivity index (χ3n) is 4.34. The summed E-state index contributed by atoms with van der Waals surface area (Å²) in [5.74, 6) is 1.47. The lowest BCUT2D eigenvalue weighted by Crippen LogP contribution is -2.36. The largest absolute Gasteiger partial charge is 0.346 e. The van der Waals surface area contributed by atoms with Gasteiger partial charge in [0.2, 0.25) is 5.91 Å². The Morgan fingerprint density at radius 2 is 2.10 bits per heavy atom. The van der Waals surface area contributed by atoms with Gasteiger partial charge in [0.05, 0.1) is 6.04 Å². The minimum atomic E-state index is -0.0873. The van der Waals surface area contributed by atoms with E-state index in [1.165, 1.54) is 0 Å². The first-order valence-corrected chi connectivity index (χ1v) is 8.03. The normalized spacial score (nSPS) is 18.6. The minimum absolute atomic E-state index is 0.0873. The molecule has 0 spiro atoms. The number of nitrogens with one attached hydrogen (secondary N) is 1. The van der Waals surface area contributed by atoms with Gasteiger partial charge in [-0.15, -0.1) is 0 Å². The topological polar surface area (TPSA) is 63.1 Å². The summed E-state index contributed by atoms with van der Waals surface area (Å²) < 4.78 is 1.82. The van der Waals surface area contributed by atoms with Crippen LogP contribution in [0.1, 0.15) is 51.9 Å². The standard InChI is InChI=1S/C15H27N5O/c1-4-19-8-6-13(7-9-19)10-14(21)18-12(3)15-16-11-17-20(15)5-2/h11-13H,4-10H2,1-3H3,(H,18,21). The molecule has 1 unspecified atom stereocenters. The fourth-order valence-electron chi connectivity index (χ4n) is 2.99. The van der Waals surface area contributed by atoms with E-state index in [9.17, 15) is 4.79 Å². The Morgan fingerprint density at radius 1 is 1.38 bits per heavy atom. The number of carbonyl (C=O) groups excluding carboxylic acids is 1. The molecule has 6 heteroatoms. The number of piperidine rings is 1. The maximum Gasteiger partial charge on any atom is 0.220 e. The van der Waals surface area contributed by atoms with Crippen LogP contribution in [-0.4, -0.2) is 45.2 Å². The molecule has 2 rings (SSSR count). The number of likely N-dealkylation sites (tertiary alicyclic amines) is 1. The Hall–Kier alpha value is -1.43. The molecule has 0 aromatic carbocycles. The van der Waals surface area contributed by atoms with E-state index in [0.29, 0.717) is 12.3 Å². The monoisotopic (exact) mass is 293 g/mol.